The van der Waals surface area contributed by atoms with Crippen LogP contribution in [-0.4, -0.2) is 15.9 Å². The van der Waals surface area contributed by atoms with Gasteiger partial charge < -0.3 is 5.32 Å². The Morgan fingerprint density at radius 2 is 2.07 bits per heavy atom. The van der Waals surface area contributed by atoms with E-state index in [-0.39, 0.29) is 0 Å². The van der Waals surface area contributed by atoms with Gasteiger partial charge in [-0.2, -0.15) is 0 Å². The first kappa shape index (κ1) is 13.5. The molecule has 1 aromatic heterocycles. The number of anilines is 1. The molecule has 0 aliphatic carbocycles. The first-order chi connectivity index (χ1) is 6.99. The zero-order valence-electron chi connectivity index (χ0n) is 8.60. The minimum absolute atomic E-state index is 0.393. The number of hydrogen-bond donors (Lipinski definition) is 1. The molecule has 0 aliphatic heterocycles. The fourth-order valence-electron chi connectivity index (χ4n) is 1.30. The van der Waals surface area contributed by atoms with Crippen LogP contribution in [0.15, 0.2) is 21.2 Å². The van der Waals surface area contributed by atoms with Gasteiger partial charge in [-0.1, -0.05) is 22.9 Å². The summed E-state index contributed by atoms with van der Waals surface area (Å²) >= 11 is 10.4. The second-order valence-corrected chi connectivity index (χ2v) is 6.88. The third-order valence-corrected chi connectivity index (χ3v) is 3.28. The van der Waals surface area contributed by atoms with E-state index in [1.165, 1.54) is 0 Å². The average Bonchev–Trinajstić information content (AvgIpc) is 2.08. The molecule has 1 aromatic rings. The molecule has 1 N–H and O–H groups in total. The number of hydrogen-bond acceptors (Lipinski definition) is 2. The molecule has 0 spiro atoms. The second kappa shape index (κ2) is 6.21. The second-order valence-electron chi connectivity index (χ2n) is 3.55. The molecule has 0 radical (unpaired) electrons. The Labute approximate surface area is 116 Å². The summed E-state index contributed by atoms with van der Waals surface area (Å²) in [5.74, 6) is 0.888. The normalized spacial score (nSPS) is 14.7. The lowest BCUT2D eigenvalue weighted by Crippen LogP contribution is -2.19. The zero-order valence-corrected chi connectivity index (χ0v) is 13.4. The molecule has 2 nitrogen and oxygen atoms in total. The molecule has 0 fully saturated rings. The van der Waals surface area contributed by atoms with Gasteiger partial charge in [0.2, 0.25) is 0 Å². The molecule has 0 aliphatic rings. The van der Waals surface area contributed by atoms with Gasteiger partial charge in [0.05, 0.1) is 4.47 Å². The van der Waals surface area contributed by atoms with Crippen LogP contribution in [0.2, 0.25) is 0 Å². The molecule has 84 valence electrons. The molecular formula is C10H13Br3N2. The largest absolute Gasteiger partial charge is 0.367 e. The maximum absolute atomic E-state index is 4.30. The van der Waals surface area contributed by atoms with Crippen LogP contribution in [0.3, 0.4) is 0 Å². The molecule has 1 heterocycles. The van der Waals surface area contributed by atoms with Crippen molar-refractivity contribution in [3.63, 3.8) is 0 Å². The van der Waals surface area contributed by atoms with E-state index in [4.69, 9.17) is 0 Å². The molecule has 0 saturated heterocycles. The molecular weight excluding hydrogens is 388 g/mol. The van der Waals surface area contributed by atoms with Crippen molar-refractivity contribution in [2.45, 2.75) is 31.1 Å². The Kier molecular flexibility index (Phi) is 5.57. The predicted octanol–water partition coefficient (Wildman–Crippen LogP) is 4.58. The van der Waals surface area contributed by atoms with E-state index in [1.54, 1.807) is 6.20 Å². The van der Waals surface area contributed by atoms with Crippen LogP contribution in [-0.2, 0) is 0 Å². The number of nitrogens with one attached hydrogen (secondary N) is 1. The van der Waals surface area contributed by atoms with Crippen molar-refractivity contribution >= 4 is 53.6 Å². The summed E-state index contributed by atoms with van der Waals surface area (Å²) in [6, 6.07) is 2.38. The van der Waals surface area contributed by atoms with E-state index in [1.807, 2.05) is 6.07 Å². The summed E-state index contributed by atoms with van der Waals surface area (Å²) in [4.78, 5) is 4.81. The molecule has 1 rings (SSSR count). The summed E-state index contributed by atoms with van der Waals surface area (Å²) in [5, 5.41) is 3.36. The van der Waals surface area contributed by atoms with E-state index in [2.05, 4.69) is 71.9 Å². The van der Waals surface area contributed by atoms with Crippen molar-refractivity contribution in [3.8, 4) is 0 Å². The van der Waals surface area contributed by atoms with Gasteiger partial charge >= 0.3 is 0 Å². The minimum Gasteiger partial charge on any atom is -0.367 e. The van der Waals surface area contributed by atoms with Gasteiger partial charge in [0.25, 0.3) is 0 Å². The van der Waals surface area contributed by atoms with Crippen LogP contribution in [0.25, 0.3) is 0 Å². The Hall–Kier alpha value is 0.390. The number of rotatable bonds is 4. The smallest absolute Gasteiger partial charge is 0.140 e. The van der Waals surface area contributed by atoms with Crippen molar-refractivity contribution < 1.29 is 0 Å². The quantitative estimate of drug-likeness (QED) is 0.748. The van der Waals surface area contributed by atoms with Gasteiger partial charge in [-0.3, -0.25) is 0 Å². The van der Waals surface area contributed by atoms with Gasteiger partial charge in [-0.15, -0.1) is 0 Å². The van der Waals surface area contributed by atoms with Crippen LogP contribution in [0, 0.1) is 0 Å². The SMILES string of the molecule is CC(Br)CC(C)Nc1ncc(Br)cc1Br. The molecule has 0 saturated carbocycles. The van der Waals surface area contributed by atoms with E-state index in [9.17, 15) is 0 Å². The van der Waals surface area contributed by atoms with Crippen molar-refractivity contribution in [1.82, 2.24) is 4.98 Å². The predicted molar refractivity (Wildman–Crippen MR) is 75.7 cm³/mol. The molecule has 0 aromatic carbocycles. The highest BCUT2D eigenvalue weighted by molar-refractivity contribution is 9.11. The Morgan fingerprint density at radius 1 is 1.40 bits per heavy atom. The van der Waals surface area contributed by atoms with Crippen molar-refractivity contribution in [3.05, 3.63) is 21.2 Å². The summed E-state index contributed by atoms with van der Waals surface area (Å²) < 4.78 is 1.95. The van der Waals surface area contributed by atoms with E-state index >= 15 is 0 Å². The number of nitrogens with zero attached hydrogens (tertiary/aromatic N) is 1. The molecule has 0 amide bonds. The Bertz CT molecular complexity index is 328. The highest BCUT2D eigenvalue weighted by atomic mass is 79.9. The maximum Gasteiger partial charge on any atom is 0.140 e. The molecule has 0 bridgehead atoms. The van der Waals surface area contributed by atoms with Crippen molar-refractivity contribution in [1.29, 1.82) is 0 Å². The van der Waals surface area contributed by atoms with Gasteiger partial charge in [0.15, 0.2) is 0 Å². The fourth-order valence-corrected chi connectivity index (χ4v) is 2.96. The van der Waals surface area contributed by atoms with E-state index in [0.717, 1.165) is 21.2 Å². The van der Waals surface area contributed by atoms with Gasteiger partial charge in [0.1, 0.15) is 5.82 Å². The average molecular weight is 401 g/mol. The minimum atomic E-state index is 0.393. The summed E-state index contributed by atoms with van der Waals surface area (Å²) in [6.45, 7) is 4.29. The lowest BCUT2D eigenvalue weighted by Gasteiger charge is -2.16. The van der Waals surface area contributed by atoms with E-state index in [0.29, 0.717) is 10.9 Å². The summed E-state index contributed by atoms with van der Waals surface area (Å²) in [5.41, 5.74) is 0. The third-order valence-electron chi connectivity index (χ3n) is 1.87. The monoisotopic (exact) mass is 398 g/mol. The lowest BCUT2D eigenvalue weighted by atomic mass is 10.2. The third kappa shape index (κ3) is 4.83. The van der Waals surface area contributed by atoms with Crippen LogP contribution < -0.4 is 5.32 Å². The lowest BCUT2D eigenvalue weighted by molar-refractivity contribution is 0.704. The van der Waals surface area contributed by atoms with Crippen LogP contribution in [0.1, 0.15) is 20.3 Å². The Morgan fingerprint density at radius 3 is 2.60 bits per heavy atom. The topological polar surface area (TPSA) is 24.9 Å². The maximum atomic E-state index is 4.30. The van der Waals surface area contributed by atoms with Gasteiger partial charge in [-0.05, 0) is 51.3 Å². The van der Waals surface area contributed by atoms with Crippen LogP contribution >= 0.6 is 47.8 Å². The highest BCUT2D eigenvalue weighted by Crippen LogP contribution is 2.24. The van der Waals surface area contributed by atoms with Crippen molar-refractivity contribution in [2.24, 2.45) is 0 Å². The standard InChI is InChI=1S/C10H13Br3N2/c1-6(11)3-7(2)15-10-9(13)4-8(12)5-14-10/h4-7H,3H2,1-2H3,(H,14,15). The number of alkyl halides is 1. The molecule has 2 atom stereocenters. The molecule has 15 heavy (non-hydrogen) atoms. The van der Waals surface area contributed by atoms with Crippen molar-refractivity contribution in [2.75, 3.05) is 5.32 Å². The first-order valence-corrected chi connectivity index (χ1v) is 7.21. The number of halogens is 3. The summed E-state index contributed by atoms with van der Waals surface area (Å²) in [6.07, 6.45) is 2.85. The van der Waals surface area contributed by atoms with Gasteiger partial charge in [-0.25, -0.2) is 4.98 Å². The Balaban J connectivity index is 2.64. The van der Waals surface area contributed by atoms with Gasteiger partial charge in [0, 0.05) is 21.5 Å². The van der Waals surface area contributed by atoms with Crippen LogP contribution in [0.4, 0.5) is 5.82 Å². The summed E-state index contributed by atoms with van der Waals surface area (Å²) in [7, 11) is 0. The molecule has 2 unspecified atom stereocenters. The number of aromatic nitrogens is 1. The first-order valence-electron chi connectivity index (χ1n) is 4.70. The zero-order chi connectivity index (χ0) is 11.4. The fraction of sp³-hybridized carbons (Fsp3) is 0.500. The molecule has 5 heteroatoms. The van der Waals surface area contributed by atoms with Crippen LogP contribution in [0.5, 0.6) is 0 Å². The highest BCUT2D eigenvalue weighted by Gasteiger charge is 2.08. The number of pyridine rings is 1. The van der Waals surface area contributed by atoms with E-state index < -0.39 is 0 Å².